The van der Waals surface area contributed by atoms with Crippen LogP contribution in [0.25, 0.3) is 10.2 Å². The standard InChI is InChI=1S/C19H17N3O2S/c23-17-7-3-4-12-22(17)14-10-8-13(9-11-14)20-18(24)19-21-15-5-1-2-6-16(15)25-19/h1-2,5-6,8-11H,3-4,7,12H2,(H,20,24). The highest BCUT2D eigenvalue weighted by molar-refractivity contribution is 7.20. The van der Waals surface area contributed by atoms with Gasteiger partial charge >= 0.3 is 0 Å². The van der Waals surface area contributed by atoms with E-state index in [9.17, 15) is 9.59 Å². The van der Waals surface area contributed by atoms with E-state index in [1.165, 1.54) is 11.3 Å². The summed E-state index contributed by atoms with van der Waals surface area (Å²) in [7, 11) is 0. The van der Waals surface area contributed by atoms with Gasteiger partial charge in [0.05, 0.1) is 10.2 Å². The molecular formula is C19H17N3O2S. The lowest BCUT2D eigenvalue weighted by Gasteiger charge is -2.26. The molecular weight excluding hydrogens is 334 g/mol. The van der Waals surface area contributed by atoms with Gasteiger partial charge in [0.25, 0.3) is 5.91 Å². The Morgan fingerprint density at radius 3 is 2.64 bits per heavy atom. The van der Waals surface area contributed by atoms with Gasteiger partial charge in [0.1, 0.15) is 0 Å². The van der Waals surface area contributed by atoms with Crippen molar-refractivity contribution in [2.45, 2.75) is 19.3 Å². The van der Waals surface area contributed by atoms with Crippen LogP contribution in [0.3, 0.4) is 0 Å². The first kappa shape index (κ1) is 15.8. The maximum Gasteiger partial charge on any atom is 0.284 e. The molecule has 0 unspecified atom stereocenters. The first-order chi connectivity index (χ1) is 12.2. The molecule has 0 aliphatic carbocycles. The second kappa shape index (κ2) is 6.64. The highest BCUT2D eigenvalue weighted by Gasteiger charge is 2.19. The number of piperidine rings is 1. The third kappa shape index (κ3) is 3.25. The summed E-state index contributed by atoms with van der Waals surface area (Å²) in [6, 6.07) is 15.1. The molecule has 2 amide bonds. The fraction of sp³-hybridized carbons (Fsp3) is 0.211. The number of aromatic nitrogens is 1. The minimum Gasteiger partial charge on any atom is -0.320 e. The van der Waals surface area contributed by atoms with Gasteiger partial charge in [-0.05, 0) is 49.2 Å². The zero-order valence-corrected chi connectivity index (χ0v) is 14.4. The van der Waals surface area contributed by atoms with E-state index >= 15 is 0 Å². The Morgan fingerprint density at radius 1 is 1.08 bits per heavy atom. The topological polar surface area (TPSA) is 62.3 Å². The van der Waals surface area contributed by atoms with Crippen molar-refractivity contribution in [3.8, 4) is 0 Å². The molecule has 25 heavy (non-hydrogen) atoms. The lowest BCUT2D eigenvalue weighted by Crippen LogP contribution is -2.35. The number of thiazole rings is 1. The molecule has 0 spiro atoms. The number of hydrogen-bond donors (Lipinski definition) is 1. The number of carbonyl (C=O) groups excluding carboxylic acids is 2. The maximum absolute atomic E-state index is 12.4. The van der Waals surface area contributed by atoms with Gasteiger partial charge in [0, 0.05) is 24.3 Å². The molecule has 1 fully saturated rings. The van der Waals surface area contributed by atoms with E-state index in [1.807, 2.05) is 53.4 Å². The van der Waals surface area contributed by atoms with E-state index in [4.69, 9.17) is 0 Å². The first-order valence-electron chi connectivity index (χ1n) is 8.28. The number of carbonyl (C=O) groups is 2. The van der Waals surface area contributed by atoms with E-state index in [0.29, 0.717) is 17.1 Å². The predicted molar refractivity (Wildman–Crippen MR) is 100 cm³/mol. The number of nitrogens with one attached hydrogen (secondary N) is 1. The Balaban J connectivity index is 1.48. The SMILES string of the molecule is O=C(Nc1ccc(N2CCCCC2=O)cc1)c1nc2ccccc2s1. The van der Waals surface area contributed by atoms with Crippen molar-refractivity contribution in [3.63, 3.8) is 0 Å². The van der Waals surface area contributed by atoms with Gasteiger partial charge in [0.15, 0.2) is 5.01 Å². The molecule has 1 saturated heterocycles. The van der Waals surface area contributed by atoms with Gasteiger partial charge in [-0.3, -0.25) is 9.59 Å². The van der Waals surface area contributed by atoms with Crippen molar-refractivity contribution in [1.82, 2.24) is 4.98 Å². The molecule has 0 atom stereocenters. The average molecular weight is 351 g/mol. The van der Waals surface area contributed by atoms with Gasteiger partial charge in [0.2, 0.25) is 5.91 Å². The van der Waals surface area contributed by atoms with E-state index in [0.717, 1.165) is 35.3 Å². The number of benzene rings is 2. The number of nitrogens with zero attached hydrogens (tertiary/aromatic N) is 2. The highest BCUT2D eigenvalue weighted by atomic mass is 32.1. The van der Waals surface area contributed by atoms with Crippen LogP contribution in [-0.4, -0.2) is 23.3 Å². The van der Waals surface area contributed by atoms with Gasteiger partial charge in [-0.25, -0.2) is 4.98 Å². The van der Waals surface area contributed by atoms with E-state index in [-0.39, 0.29) is 11.8 Å². The summed E-state index contributed by atoms with van der Waals surface area (Å²) in [5.74, 6) is -0.0551. The third-order valence-corrected chi connectivity index (χ3v) is 5.28. The van der Waals surface area contributed by atoms with Crippen molar-refractivity contribution in [2.24, 2.45) is 0 Å². The lowest BCUT2D eigenvalue weighted by molar-refractivity contribution is -0.119. The fourth-order valence-electron chi connectivity index (χ4n) is 2.96. The van der Waals surface area contributed by atoms with Crippen LogP contribution >= 0.6 is 11.3 Å². The van der Waals surface area contributed by atoms with Crippen molar-refractivity contribution < 1.29 is 9.59 Å². The van der Waals surface area contributed by atoms with Crippen LogP contribution < -0.4 is 10.2 Å². The van der Waals surface area contributed by atoms with E-state index in [1.54, 1.807) is 0 Å². The molecule has 0 bridgehead atoms. The zero-order chi connectivity index (χ0) is 17.2. The Kier molecular flexibility index (Phi) is 4.19. The Labute approximate surface area is 149 Å². The zero-order valence-electron chi connectivity index (χ0n) is 13.6. The monoisotopic (exact) mass is 351 g/mol. The van der Waals surface area contributed by atoms with Crippen molar-refractivity contribution in [2.75, 3.05) is 16.8 Å². The summed E-state index contributed by atoms with van der Waals surface area (Å²) in [6.07, 6.45) is 2.60. The van der Waals surface area contributed by atoms with Gasteiger partial charge in [-0.15, -0.1) is 11.3 Å². The summed E-state index contributed by atoms with van der Waals surface area (Å²) in [5, 5.41) is 3.31. The predicted octanol–water partition coefficient (Wildman–Crippen LogP) is 4.07. The summed E-state index contributed by atoms with van der Waals surface area (Å²) >= 11 is 1.37. The summed E-state index contributed by atoms with van der Waals surface area (Å²) in [4.78, 5) is 30.5. The molecule has 4 rings (SSSR count). The molecule has 0 radical (unpaired) electrons. The molecule has 2 aromatic carbocycles. The minimum atomic E-state index is -0.219. The van der Waals surface area contributed by atoms with Gasteiger partial charge in [-0.1, -0.05) is 12.1 Å². The molecule has 1 aliphatic heterocycles. The second-order valence-corrected chi connectivity index (χ2v) is 7.02. The Morgan fingerprint density at radius 2 is 1.88 bits per heavy atom. The summed E-state index contributed by atoms with van der Waals surface area (Å²) < 4.78 is 0.992. The van der Waals surface area contributed by atoms with Crippen LogP contribution in [0.5, 0.6) is 0 Å². The summed E-state index contributed by atoms with van der Waals surface area (Å²) in [6.45, 7) is 0.760. The number of anilines is 2. The van der Waals surface area contributed by atoms with Crippen LogP contribution in [-0.2, 0) is 4.79 Å². The minimum absolute atomic E-state index is 0.164. The van der Waals surface area contributed by atoms with Crippen LogP contribution in [0.4, 0.5) is 11.4 Å². The molecule has 6 heteroatoms. The van der Waals surface area contributed by atoms with Crippen molar-refractivity contribution in [3.05, 3.63) is 53.5 Å². The normalized spacial score (nSPS) is 14.7. The quantitative estimate of drug-likeness (QED) is 0.774. The van der Waals surface area contributed by atoms with Crippen LogP contribution in [0, 0.1) is 0 Å². The maximum atomic E-state index is 12.4. The molecule has 1 N–H and O–H groups in total. The Hall–Kier alpha value is -2.73. The number of hydrogen-bond acceptors (Lipinski definition) is 4. The molecule has 3 aromatic rings. The third-order valence-electron chi connectivity index (χ3n) is 4.25. The number of fused-ring (bicyclic) bond motifs is 1. The largest absolute Gasteiger partial charge is 0.320 e. The fourth-order valence-corrected chi connectivity index (χ4v) is 3.82. The highest BCUT2D eigenvalue weighted by Crippen LogP contribution is 2.25. The van der Waals surface area contributed by atoms with Crippen molar-refractivity contribution >= 4 is 44.7 Å². The average Bonchev–Trinajstić information content (AvgIpc) is 3.07. The van der Waals surface area contributed by atoms with E-state index < -0.39 is 0 Å². The van der Waals surface area contributed by atoms with Crippen LogP contribution in [0.1, 0.15) is 29.1 Å². The smallest absolute Gasteiger partial charge is 0.284 e. The van der Waals surface area contributed by atoms with Crippen LogP contribution in [0.15, 0.2) is 48.5 Å². The molecule has 126 valence electrons. The Bertz CT molecular complexity index is 900. The molecule has 0 saturated carbocycles. The number of para-hydroxylation sites is 1. The number of rotatable bonds is 3. The van der Waals surface area contributed by atoms with Crippen LogP contribution in [0.2, 0.25) is 0 Å². The lowest BCUT2D eigenvalue weighted by atomic mass is 10.1. The molecule has 1 aliphatic rings. The number of amides is 2. The van der Waals surface area contributed by atoms with E-state index in [2.05, 4.69) is 10.3 Å². The first-order valence-corrected chi connectivity index (χ1v) is 9.10. The van der Waals surface area contributed by atoms with Gasteiger partial charge < -0.3 is 10.2 Å². The van der Waals surface area contributed by atoms with Gasteiger partial charge in [-0.2, -0.15) is 0 Å². The summed E-state index contributed by atoms with van der Waals surface area (Å²) in [5.41, 5.74) is 2.40. The second-order valence-electron chi connectivity index (χ2n) is 5.99. The molecule has 2 heterocycles. The molecule has 1 aromatic heterocycles. The van der Waals surface area contributed by atoms with Crippen molar-refractivity contribution in [1.29, 1.82) is 0 Å². The molecule has 5 nitrogen and oxygen atoms in total.